The van der Waals surface area contributed by atoms with Gasteiger partial charge in [-0.05, 0) is 12.8 Å². The van der Waals surface area contributed by atoms with Gasteiger partial charge in [-0.15, -0.1) is 0 Å². The van der Waals surface area contributed by atoms with Crippen LogP contribution in [0, 0.1) is 0 Å². The third-order valence-corrected chi connectivity index (χ3v) is 3.48. The number of hydrogen-bond acceptors (Lipinski definition) is 4. The van der Waals surface area contributed by atoms with Gasteiger partial charge in [0.1, 0.15) is 6.54 Å². The molecule has 1 saturated carbocycles. The van der Waals surface area contributed by atoms with E-state index in [0.717, 1.165) is 25.7 Å². The number of carboxylic acids is 1. The Hall–Kier alpha value is -2.09. The van der Waals surface area contributed by atoms with Gasteiger partial charge in [0, 0.05) is 6.20 Å². The number of carbonyl (C=O) groups is 2. The maximum Gasteiger partial charge on any atom is 0.325 e. The lowest BCUT2D eigenvalue weighted by Crippen LogP contribution is -2.44. The fourth-order valence-corrected chi connectivity index (χ4v) is 2.45. The molecule has 116 valence electrons. The first-order valence-corrected chi connectivity index (χ1v) is 7.04. The summed E-state index contributed by atoms with van der Waals surface area (Å²) in [5.41, 5.74) is 0.414. The predicted octanol–water partition coefficient (Wildman–Crippen LogP) is 0.783. The van der Waals surface area contributed by atoms with E-state index in [2.05, 4.69) is 15.7 Å². The number of nitrogens with one attached hydrogen (secondary N) is 2. The number of aromatic nitrogens is 2. The molecule has 1 aromatic heterocycles. The van der Waals surface area contributed by atoms with Crippen molar-refractivity contribution in [1.29, 1.82) is 0 Å². The van der Waals surface area contributed by atoms with Gasteiger partial charge in [-0.25, -0.2) is 4.79 Å². The number of aliphatic hydroxyl groups excluding tert-OH is 1. The first-order valence-electron chi connectivity index (χ1n) is 7.04. The fourth-order valence-electron chi connectivity index (χ4n) is 2.45. The Labute approximate surface area is 122 Å². The third-order valence-electron chi connectivity index (χ3n) is 3.48. The van der Waals surface area contributed by atoms with Crippen molar-refractivity contribution in [2.45, 2.75) is 50.8 Å². The van der Waals surface area contributed by atoms with E-state index >= 15 is 0 Å². The first kappa shape index (κ1) is 15.3. The molecular formula is C13H20N4O4. The van der Waals surface area contributed by atoms with Crippen LogP contribution in [0.15, 0.2) is 12.4 Å². The molecule has 4 N–H and O–H groups in total. The van der Waals surface area contributed by atoms with Gasteiger partial charge in [0.25, 0.3) is 0 Å². The van der Waals surface area contributed by atoms with Crippen molar-refractivity contribution >= 4 is 17.7 Å². The van der Waals surface area contributed by atoms with E-state index in [1.807, 2.05) is 0 Å². The second-order valence-corrected chi connectivity index (χ2v) is 5.23. The number of anilines is 1. The van der Waals surface area contributed by atoms with Crippen molar-refractivity contribution in [2.24, 2.45) is 0 Å². The van der Waals surface area contributed by atoms with Crippen molar-refractivity contribution in [2.75, 3.05) is 5.32 Å². The molecule has 2 unspecified atom stereocenters. The average molecular weight is 296 g/mol. The summed E-state index contributed by atoms with van der Waals surface area (Å²) in [6.07, 6.45) is 6.78. The topological polar surface area (TPSA) is 116 Å². The molecule has 1 aliphatic carbocycles. The number of nitrogens with zero attached hydrogens (tertiary/aromatic N) is 2. The number of carboxylic acid groups (broad SMARTS) is 1. The summed E-state index contributed by atoms with van der Waals surface area (Å²) >= 11 is 0. The largest absolute Gasteiger partial charge is 0.480 e. The molecule has 1 heterocycles. The van der Waals surface area contributed by atoms with Crippen LogP contribution < -0.4 is 10.6 Å². The summed E-state index contributed by atoms with van der Waals surface area (Å²) < 4.78 is 1.22. The van der Waals surface area contributed by atoms with Crippen LogP contribution >= 0.6 is 0 Å². The summed E-state index contributed by atoms with van der Waals surface area (Å²) in [5.74, 6) is -1.00. The smallest absolute Gasteiger partial charge is 0.325 e. The lowest BCUT2D eigenvalue weighted by atomic mass is 10.1. The van der Waals surface area contributed by atoms with Gasteiger partial charge < -0.3 is 20.8 Å². The van der Waals surface area contributed by atoms with E-state index in [9.17, 15) is 14.7 Å². The highest BCUT2D eigenvalue weighted by molar-refractivity contribution is 5.89. The Bertz CT molecular complexity index is 502. The fraction of sp³-hybridized carbons (Fsp3) is 0.615. The number of rotatable bonds is 4. The highest BCUT2D eigenvalue weighted by atomic mass is 16.4. The molecule has 0 spiro atoms. The summed E-state index contributed by atoms with van der Waals surface area (Å²) in [5, 5.41) is 27.8. The van der Waals surface area contributed by atoms with E-state index in [-0.39, 0.29) is 12.6 Å². The van der Waals surface area contributed by atoms with Crippen LogP contribution in [0.1, 0.15) is 32.1 Å². The Morgan fingerprint density at radius 2 is 2.10 bits per heavy atom. The van der Waals surface area contributed by atoms with E-state index < -0.39 is 18.1 Å². The monoisotopic (exact) mass is 296 g/mol. The predicted molar refractivity (Wildman–Crippen MR) is 74.9 cm³/mol. The van der Waals surface area contributed by atoms with Crippen molar-refractivity contribution in [1.82, 2.24) is 15.1 Å². The lowest BCUT2D eigenvalue weighted by molar-refractivity contribution is -0.137. The maximum atomic E-state index is 11.9. The highest BCUT2D eigenvalue weighted by Crippen LogP contribution is 2.18. The number of urea groups is 1. The van der Waals surface area contributed by atoms with Crippen LogP contribution in [0.3, 0.4) is 0 Å². The summed E-state index contributed by atoms with van der Waals surface area (Å²) in [7, 11) is 0. The van der Waals surface area contributed by atoms with Crippen molar-refractivity contribution in [3.63, 3.8) is 0 Å². The third kappa shape index (κ3) is 4.75. The van der Waals surface area contributed by atoms with Gasteiger partial charge in [0.05, 0.1) is 24.0 Å². The van der Waals surface area contributed by atoms with Crippen molar-refractivity contribution < 1.29 is 19.8 Å². The molecule has 1 aliphatic rings. The lowest BCUT2D eigenvalue weighted by Gasteiger charge is -2.21. The number of amides is 2. The zero-order valence-corrected chi connectivity index (χ0v) is 11.7. The number of carbonyl (C=O) groups excluding carboxylic acids is 1. The van der Waals surface area contributed by atoms with Gasteiger partial charge in [-0.1, -0.05) is 19.3 Å². The molecule has 2 atom stereocenters. The molecular weight excluding hydrogens is 276 g/mol. The molecule has 8 nitrogen and oxygen atoms in total. The average Bonchev–Trinajstić information content (AvgIpc) is 2.72. The van der Waals surface area contributed by atoms with E-state index in [4.69, 9.17) is 5.11 Å². The van der Waals surface area contributed by atoms with Crippen LogP contribution in [-0.4, -0.2) is 44.1 Å². The second-order valence-electron chi connectivity index (χ2n) is 5.23. The van der Waals surface area contributed by atoms with Gasteiger partial charge in [0.2, 0.25) is 0 Å². The summed E-state index contributed by atoms with van der Waals surface area (Å²) in [6.45, 7) is -0.259. The maximum absolute atomic E-state index is 11.9. The Balaban J connectivity index is 1.86. The van der Waals surface area contributed by atoms with Gasteiger partial charge in [0.15, 0.2) is 0 Å². The van der Waals surface area contributed by atoms with Gasteiger partial charge >= 0.3 is 12.0 Å². The van der Waals surface area contributed by atoms with Crippen LogP contribution in [0.5, 0.6) is 0 Å². The standard InChI is InChI=1S/C13H20N4O4/c18-11-5-3-1-2-4-10(11)16-13(21)15-9-6-14-17(7-9)8-12(19)20/h6-7,10-11,18H,1-5,8H2,(H,19,20)(H2,15,16,21). The molecule has 1 aromatic rings. The molecule has 0 aliphatic heterocycles. The first-order chi connectivity index (χ1) is 10.0. The van der Waals surface area contributed by atoms with Crippen LogP contribution in [0.4, 0.5) is 10.5 Å². The minimum Gasteiger partial charge on any atom is -0.480 e. The minimum atomic E-state index is -1.00. The van der Waals surface area contributed by atoms with Gasteiger partial charge in [-0.3, -0.25) is 9.48 Å². The number of hydrogen-bond donors (Lipinski definition) is 4. The zero-order chi connectivity index (χ0) is 15.2. The quantitative estimate of drug-likeness (QED) is 0.613. The normalized spacial score (nSPS) is 22.3. The molecule has 2 rings (SSSR count). The summed E-state index contributed by atoms with van der Waals surface area (Å²) in [4.78, 5) is 22.4. The minimum absolute atomic E-state index is 0.249. The molecule has 2 amide bonds. The zero-order valence-electron chi connectivity index (χ0n) is 11.7. The van der Waals surface area contributed by atoms with E-state index in [0.29, 0.717) is 12.1 Å². The SMILES string of the molecule is O=C(O)Cn1cc(NC(=O)NC2CCCCCC2O)cn1. The van der Waals surface area contributed by atoms with Crippen LogP contribution in [-0.2, 0) is 11.3 Å². The molecule has 0 saturated heterocycles. The molecule has 1 fully saturated rings. The Kier molecular flexibility index (Phi) is 5.15. The molecule has 21 heavy (non-hydrogen) atoms. The molecule has 8 heteroatoms. The number of aliphatic hydroxyl groups is 1. The van der Waals surface area contributed by atoms with Crippen LogP contribution in [0.25, 0.3) is 0 Å². The van der Waals surface area contributed by atoms with E-state index in [1.54, 1.807) is 0 Å². The van der Waals surface area contributed by atoms with Crippen molar-refractivity contribution in [3.8, 4) is 0 Å². The Morgan fingerprint density at radius 1 is 1.33 bits per heavy atom. The second kappa shape index (κ2) is 7.07. The van der Waals surface area contributed by atoms with Gasteiger partial charge in [-0.2, -0.15) is 5.10 Å². The molecule has 0 bridgehead atoms. The highest BCUT2D eigenvalue weighted by Gasteiger charge is 2.23. The molecule has 0 aromatic carbocycles. The molecule has 0 radical (unpaired) electrons. The van der Waals surface area contributed by atoms with Crippen LogP contribution in [0.2, 0.25) is 0 Å². The number of aliphatic carboxylic acids is 1. The Morgan fingerprint density at radius 3 is 2.86 bits per heavy atom. The summed E-state index contributed by atoms with van der Waals surface area (Å²) in [6, 6.07) is -0.669. The van der Waals surface area contributed by atoms with E-state index in [1.165, 1.54) is 17.1 Å². The van der Waals surface area contributed by atoms with Crippen molar-refractivity contribution in [3.05, 3.63) is 12.4 Å².